The summed E-state index contributed by atoms with van der Waals surface area (Å²) in [6, 6.07) is 3.83. The Morgan fingerprint density at radius 2 is 2.32 bits per heavy atom. The fourth-order valence-electron chi connectivity index (χ4n) is 2.27. The second kappa shape index (κ2) is 6.02. The van der Waals surface area contributed by atoms with Crippen LogP contribution in [0.2, 0.25) is 0 Å². The number of likely N-dealkylation sites (N-methyl/N-ethyl adjacent to an activating group) is 1. The number of nitrogens with two attached hydrogens (primary N) is 1. The monoisotopic (exact) mass is 266 g/mol. The van der Waals surface area contributed by atoms with Crippen molar-refractivity contribution in [2.45, 2.75) is 25.4 Å². The van der Waals surface area contributed by atoms with Crippen LogP contribution in [0.4, 0.5) is 10.1 Å². The van der Waals surface area contributed by atoms with Gasteiger partial charge in [0.1, 0.15) is 5.82 Å². The van der Waals surface area contributed by atoms with Gasteiger partial charge in [-0.15, -0.1) is 0 Å². The summed E-state index contributed by atoms with van der Waals surface area (Å²) in [6.07, 6.45) is 3.27. The van der Waals surface area contributed by atoms with Gasteiger partial charge in [0.15, 0.2) is 0 Å². The van der Waals surface area contributed by atoms with Gasteiger partial charge >= 0.3 is 0 Å². The first kappa shape index (κ1) is 13.8. The molecule has 1 unspecified atom stereocenters. The summed E-state index contributed by atoms with van der Waals surface area (Å²) in [5.74, 6) is -0.640. The number of ether oxygens (including phenoxy) is 1. The Morgan fingerprint density at radius 1 is 1.53 bits per heavy atom. The van der Waals surface area contributed by atoms with Gasteiger partial charge in [-0.05, 0) is 37.5 Å². The number of hydrogen-bond acceptors (Lipinski definition) is 3. The van der Waals surface area contributed by atoms with Gasteiger partial charge in [-0.2, -0.15) is 0 Å². The Kier molecular flexibility index (Phi) is 4.37. The lowest BCUT2D eigenvalue weighted by Crippen LogP contribution is -2.37. The van der Waals surface area contributed by atoms with Crippen LogP contribution in [0.1, 0.15) is 29.6 Å². The van der Waals surface area contributed by atoms with Gasteiger partial charge in [-0.1, -0.05) is 0 Å². The molecule has 1 amide bonds. The van der Waals surface area contributed by atoms with Crippen molar-refractivity contribution >= 4 is 11.6 Å². The average molecular weight is 266 g/mol. The number of carbonyl (C=O) groups excluding carboxylic acids is 1. The molecule has 0 bridgehead atoms. The first-order chi connectivity index (χ1) is 9.08. The minimum Gasteiger partial charge on any atom is -0.398 e. The van der Waals surface area contributed by atoms with Crippen molar-refractivity contribution in [2.75, 3.05) is 25.9 Å². The summed E-state index contributed by atoms with van der Waals surface area (Å²) in [6.45, 7) is 1.29. The lowest BCUT2D eigenvalue weighted by Gasteiger charge is -2.27. The Hall–Kier alpha value is -1.62. The quantitative estimate of drug-likeness (QED) is 0.852. The van der Waals surface area contributed by atoms with Crippen LogP contribution in [0.3, 0.4) is 0 Å². The van der Waals surface area contributed by atoms with E-state index in [0.717, 1.165) is 31.9 Å². The van der Waals surface area contributed by atoms with Gasteiger partial charge < -0.3 is 15.4 Å². The van der Waals surface area contributed by atoms with Crippen molar-refractivity contribution in [3.8, 4) is 0 Å². The third-order valence-corrected chi connectivity index (χ3v) is 3.34. The Balaban J connectivity index is 2.01. The first-order valence-electron chi connectivity index (χ1n) is 6.50. The molecule has 5 heteroatoms. The maximum absolute atomic E-state index is 13.0. The molecule has 1 saturated heterocycles. The van der Waals surface area contributed by atoms with Crippen molar-refractivity contribution in [3.05, 3.63) is 29.6 Å². The van der Waals surface area contributed by atoms with Crippen LogP contribution in [0.15, 0.2) is 18.2 Å². The van der Waals surface area contributed by atoms with Crippen molar-refractivity contribution in [1.82, 2.24) is 4.90 Å². The minimum absolute atomic E-state index is 0.0874. The van der Waals surface area contributed by atoms with Gasteiger partial charge in [0.25, 0.3) is 5.91 Å². The highest BCUT2D eigenvalue weighted by Crippen LogP contribution is 2.18. The van der Waals surface area contributed by atoms with Crippen molar-refractivity contribution < 1.29 is 13.9 Å². The predicted molar refractivity (Wildman–Crippen MR) is 71.4 cm³/mol. The number of anilines is 1. The molecule has 104 valence electrons. The molecule has 0 aliphatic carbocycles. The van der Waals surface area contributed by atoms with Crippen molar-refractivity contribution in [1.29, 1.82) is 0 Å². The van der Waals surface area contributed by atoms with E-state index in [2.05, 4.69) is 0 Å². The molecule has 0 radical (unpaired) electrons. The smallest absolute Gasteiger partial charge is 0.255 e. The molecule has 1 heterocycles. The summed E-state index contributed by atoms with van der Waals surface area (Å²) < 4.78 is 18.6. The van der Waals surface area contributed by atoms with E-state index < -0.39 is 5.82 Å². The van der Waals surface area contributed by atoms with Gasteiger partial charge in [0, 0.05) is 25.9 Å². The van der Waals surface area contributed by atoms with Crippen molar-refractivity contribution in [3.63, 3.8) is 0 Å². The molecular weight excluding hydrogens is 247 g/mol. The number of benzene rings is 1. The molecule has 1 aliphatic heterocycles. The Bertz CT molecular complexity index is 459. The molecule has 19 heavy (non-hydrogen) atoms. The van der Waals surface area contributed by atoms with E-state index in [9.17, 15) is 9.18 Å². The molecule has 4 nitrogen and oxygen atoms in total. The third kappa shape index (κ3) is 3.44. The molecule has 0 aromatic heterocycles. The van der Waals surface area contributed by atoms with Gasteiger partial charge in [0.05, 0.1) is 11.7 Å². The average Bonchev–Trinajstić information content (AvgIpc) is 2.39. The van der Waals surface area contributed by atoms with E-state index in [4.69, 9.17) is 10.5 Å². The van der Waals surface area contributed by atoms with Gasteiger partial charge in [0.2, 0.25) is 0 Å². The molecule has 2 rings (SSSR count). The van der Waals surface area contributed by atoms with Crippen LogP contribution >= 0.6 is 0 Å². The van der Waals surface area contributed by atoms with E-state index in [1.54, 1.807) is 11.9 Å². The summed E-state index contributed by atoms with van der Waals surface area (Å²) in [5, 5.41) is 0. The summed E-state index contributed by atoms with van der Waals surface area (Å²) in [5.41, 5.74) is 6.18. The highest BCUT2D eigenvalue weighted by atomic mass is 19.1. The zero-order chi connectivity index (χ0) is 13.8. The second-order valence-corrected chi connectivity index (χ2v) is 4.91. The van der Waals surface area contributed by atoms with E-state index >= 15 is 0 Å². The van der Waals surface area contributed by atoms with Crippen LogP contribution in [0, 0.1) is 5.82 Å². The molecule has 1 aromatic carbocycles. The normalized spacial score (nSPS) is 19.2. The fourth-order valence-corrected chi connectivity index (χ4v) is 2.27. The maximum atomic E-state index is 13.0. The number of nitrogens with zero attached hydrogens (tertiary/aromatic N) is 1. The minimum atomic E-state index is -0.438. The van der Waals surface area contributed by atoms with Gasteiger partial charge in [-0.25, -0.2) is 4.39 Å². The molecular formula is C14H19FN2O2. The molecule has 1 atom stereocenters. The third-order valence-electron chi connectivity index (χ3n) is 3.34. The number of carbonyl (C=O) groups is 1. The van der Waals surface area contributed by atoms with Gasteiger partial charge in [-0.3, -0.25) is 4.79 Å². The molecule has 2 N–H and O–H groups in total. The van der Waals surface area contributed by atoms with Crippen LogP contribution in [0.5, 0.6) is 0 Å². The van der Waals surface area contributed by atoms with E-state index in [0.29, 0.717) is 12.1 Å². The maximum Gasteiger partial charge on any atom is 0.255 e. The van der Waals surface area contributed by atoms with Crippen LogP contribution in [-0.2, 0) is 4.74 Å². The number of halogens is 1. The van der Waals surface area contributed by atoms with Crippen LogP contribution in [-0.4, -0.2) is 37.1 Å². The predicted octanol–water partition coefficient (Wildman–Crippen LogP) is 2.05. The lowest BCUT2D eigenvalue weighted by atomic mass is 10.1. The van der Waals surface area contributed by atoms with E-state index in [-0.39, 0.29) is 17.7 Å². The number of rotatable bonds is 3. The molecule has 1 fully saturated rings. The highest BCUT2D eigenvalue weighted by Gasteiger charge is 2.21. The second-order valence-electron chi connectivity index (χ2n) is 4.91. The Morgan fingerprint density at radius 3 is 2.95 bits per heavy atom. The first-order valence-corrected chi connectivity index (χ1v) is 6.50. The highest BCUT2D eigenvalue weighted by molar-refractivity contribution is 5.98. The lowest BCUT2D eigenvalue weighted by molar-refractivity contribution is -0.000171. The summed E-state index contributed by atoms with van der Waals surface area (Å²) in [4.78, 5) is 13.8. The zero-order valence-electron chi connectivity index (χ0n) is 11.1. The van der Waals surface area contributed by atoms with E-state index in [1.165, 1.54) is 12.1 Å². The zero-order valence-corrected chi connectivity index (χ0v) is 11.1. The number of nitrogen functional groups attached to an aromatic ring is 1. The molecule has 1 aliphatic rings. The number of amides is 1. The molecule has 0 saturated carbocycles. The molecule has 0 spiro atoms. The standard InChI is InChI=1S/C14H19FN2O2/c1-17(9-11-4-2-3-7-19-11)14(18)12-6-5-10(15)8-13(12)16/h5-6,8,11H,2-4,7,9,16H2,1H3. The summed E-state index contributed by atoms with van der Waals surface area (Å²) >= 11 is 0. The molecule has 1 aromatic rings. The Labute approximate surface area is 112 Å². The van der Waals surface area contributed by atoms with Crippen molar-refractivity contribution in [2.24, 2.45) is 0 Å². The van der Waals surface area contributed by atoms with Crippen LogP contribution in [0.25, 0.3) is 0 Å². The largest absolute Gasteiger partial charge is 0.398 e. The number of hydrogen-bond donors (Lipinski definition) is 1. The summed E-state index contributed by atoms with van der Waals surface area (Å²) in [7, 11) is 1.71. The van der Waals surface area contributed by atoms with Crippen LogP contribution < -0.4 is 5.73 Å². The topological polar surface area (TPSA) is 55.6 Å². The fraction of sp³-hybridized carbons (Fsp3) is 0.500. The van der Waals surface area contributed by atoms with E-state index in [1.807, 2.05) is 0 Å². The SMILES string of the molecule is CN(CC1CCCCO1)C(=O)c1ccc(F)cc1N.